The van der Waals surface area contributed by atoms with Gasteiger partial charge in [0.05, 0.1) is 0 Å². The summed E-state index contributed by atoms with van der Waals surface area (Å²) in [6.45, 7) is 6.60. The number of carboxylic acids is 2. The van der Waals surface area contributed by atoms with Crippen molar-refractivity contribution in [1.29, 1.82) is 0 Å². The molecule has 0 bridgehead atoms. The van der Waals surface area contributed by atoms with Crippen molar-refractivity contribution in [2.24, 2.45) is 0 Å². The highest BCUT2D eigenvalue weighted by atomic mass is 35.5. The highest BCUT2D eigenvalue weighted by Crippen LogP contribution is 2.23. The predicted octanol–water partition coefficient (Wildman–Crippen LogP) is 5.00. The van der Waals surface area contributed by atoms with E-state index in [-0.39, 0.29) is 0 Å². The summed E-state index contributed by atoms with van der Waals surface area (Å²) < 4.78 is 10.4. The Morgan fingerprint density at radius 1 is 0.786 bits per heavy atom. The van der Waals surface area contributed by atoms with Crippen LogP contribution in [0.3, 0.4) is 0 Å². The number of benzene rings is 2. The number of carbonyl (C=O) groups is 2. The molecule has 0 aliphatic rings. The van der Waals surface area contributed by atoms with Gasteiger partial charge in [-0.15, -0.1) is 0 Å². The van der Waals surface area contributed by atoms with Gasteiger partial charge in [-0.2, -0.15) is 0 Å². The first kappa shape index (κ1) is 23.6. The molecule has 0 saturated heterocycles. The maximum Gasteiger partial charge on any atom is 0.344 e. The van der Waals surface area contributed by atoms with E-state index in [1.54, 1.807) is 36.4 Å². The fourth-order valence-electron chi connectivity index (χ4n) is 1.97. The molecule has 0 saturated carbocycles. The molecule has 0 aromatic heterocycles. The Bertz CT molecular complexity index is 768. The van der Waals surface area contributed by atoms with Crippen LogP contribution in [0.2, 0.25) is 10.0 Å². The van der Waals surface area contributed by atoms with Gasteiger partial charge in [-0.1, -0.05) is 23.2 Å². The van der Waals surface area contributed by atoms with Crippen molar-refractivity contribution in [1.82, 2.24) is 0 Å². The molecule has 0 amide bonds. The molecule has 6 nitrogen and oxygen atoms in total. The van der Waals surface area contributed by atoms with Crippen molar-refractivity contribution in [3.05, 3.63) is 57.6 Å². The number of carboxylic acid groups (broad SMARTS) is 2. The smallest absolute Gasteiger partial charge is 0.344 e. The molecule has 0 radical (unpaired) electrons. The lowest BCUT2D eigenvalue weighted by Gasteiger charge is -2.12. The Morgan fingerprint density at radius 2 is 1.11 bits per heavy atom. The second kappa shape index (κ2) is 10.8. The lowest BCUT2D eigenvalue weighted by atomic mass is 10.2. The number of hydrogen-bond donors (Lipinski definition) is 2. The summed E-state index contributed by atoms with van der Waals surface area (Å²) >= 11 is 11.5. The zero-order valence-corrected chi connectivity index (χ0v) is 17.4. The maximum absolute atomic E-state index is 10.5. The van der Waals surface area contributed by atoms with Gasteiger partial charge in [0.2, 0.25) is 0 Å². The third-order valence-corrected chi connectivity index (χ3v) is 4.05. The molecule has 8 heteroatoms. The van der Waals surface area contributed by atoms with E-state index in [2.05, 4.69) is 0 Å². The minimum atomic E-state index is -0.987. The Kier molecular flexibility index (Phi) is 9.09. The average molecular weight is 429 g/mol. The number of aryl methyl sites for hydroxylation is 2. The van der Waals surface area contributed by atoms with Gasteiger partial charge in [0.25, 0.3) is 0 Å². The number of halogens is 2. The molecule has 28 heavy (non-hydrogen) atoms. The van der Waals surface area contributed by atoms with E-state index in [0.29, 0.717) is 21.5 Å². The zero-order valence-electron chi connectivity index (χ0n) is 15.9. The fourth-order valence-corrected chi connectivity index (χ4v) is 2.43. The third-order valence-electron chi connectivity index (χ3n) is 3.58. The summed E-state index contributed by atoms with van der Waals surface area (Å²) in [7, 11) is 0. The summed E-state index contributed by atoms with van der Waals surface area (Å²) in [6.07, 6.45) is -1.70. The normalized spacial score (nSPS) is 12.2. The molecule has 0 spiro atoms. The first-order valence-electron chi connectivity index (χ1n) is 8.32. The zero-order chi connectivity index (χ0) is 21.4. The molecule has 0 heterocycles. The van der Waals surface area contributed by atoms with Gasteiger partial charge < -0.3 is 19.7 Å². The topological polar surface area (TPSA) is 93.1 Å². The summed E-state index contributed by atoms with van der Waals surface area (Å²) in [5.41, 5.74) is 1.65. The van der Waals surface area contributed by atoms with Crippen LogP contribution < -0.4 is 9.47 Å². The monoisotopic (exact) mass is 428 g/mol. The summed E-state index contributed by atoms with van der Waals surface area (Å²) in [5, 5.41) is 18.5. The Morgan fingerprint density at radius 3 is 1.36 bits per heavy atom. The summed E-state index contributed by atoms with van der Waals surface area (Å²) in [6, 6.07) is 10.1. The minimum absolute atomic E-state index is 0.546. The molecule has 2 N–H and O–H groups in total. The van der Waals surface area contributed by atoms with Crippen molar-refractivity contribution in [3.63, 3.8) is 0 Å². The molecule has 0 aliphatic heterocycles. The van der Waals surface area contributed by atoms with Crippen LogP contribution in [-0.2, 0) is 9.59 Å². The van der Waals surface area contributed by atoms with E-state index in [0.717, 1.165) is 11.1 Å². The van der Waals surface area contributed by atoms with E-state index >= 15 is 0 Å². The Hall–Kier alpha value is -2.44. The van der Waals surface area contributed by atoms with Crippen LogP contribution in [0.5, 0.6) is 11.5 Å². The van der Waals surface area contributed by atoms with Gasteiger partial charge in [-0.25, -0.2) is 9.59 Å². The Balaban J connectivity index is 0.000000280. The largest absolute Gasteiger partial charge is 0.479 e. The second-order valence-corrected chi connectivity index (χ2v) is 6.89. The van der Waals surface area contributed by atoms with Gasteiger partial charge in [-0.05, 0) is 75.2 Å². The molecule has 0 unspecified atom stereocenters. The first-order chi connectivity index (χ1) is 13.0. The molecule has 2 aromatic rings. The number of ether oxygens (including phenoxy) is 2. The van der Waals surface area contributed by atoms with Gasteiger partial charge in [0, 0.05) is 10.0 Å². The van der Waals surface area contributed by atoms with Crippen molar-refractivity contribution in [2.75, 3.05) is 0 Å². The van der Waals surface area contributed by atoms with Crippen molar-refractivity contribution in [2.45, 2.75) is 39.9 Å². The van der Waals surface area contributed by atoms with Gasteiger partial charge in [0.1, 0.15) is 11.5 Å². The van der Waals surface area contributed by atoms with E-state index in [4.69, 9.17) is 42.9 Å². The maximum atomic E-state index is 10.5. The van der Waals surface area contributed by atoms with Crippen LogP contribution in [0.15, 0.2) is 36.4 Å². The fraction of sp³-hybridized carbons (Fsp3) is 0.300. The number of hydrogen-bond acceptors (Lipinski definition) is 4. The second-order valence-electron chi connectivity index (χ2n) is 6.02. The van der Waals surface area contributed by atoms with Gasteiger partial charge in [0.15, 0.2) is 12.2 Å². The molecule has 152 valence electrons. The van der Waals surface area contributed by atoms with E-state index in [1.165, 1.54) is 13.8 Å². The average Bonchev–Trinajstić information content (AvgIpc) is 2.60. The van der Waals surface area contributed by atoms with Crippen LogP contribution in [0.1, 0.15) is 25.0 Å². The first-order valence-corrected chi connectivity index (χ1v) is 9.08. The quantitative estimate of drug-likeness (QED) is 0.671. The highest BCUT2D eigenvalue weighted by Gasteiger charge is 2.14. The summed E-state index contributed by atoms with van der Waals surface area (Å²) in [4.78, 5) is 21.1. The van der Waals surface area contributed by atoms with E-state index < -0.39 is 24.1 Å². The van der Waals surface area contributed by atoms with E-state index in [1.807, 2.05) is 13.8 Å². The number of aliphatic carboxylic acids is 2. The molecule has 2 aromatic carbocycles. The molecule has 2 atom stereocenters. The van der Waals surface area contributed by atoms with Gasteiger partial charge in [-0.3, -0.25) is 0 Å². The van der Waals surface area contributed by atoms with Crippen LogP contribution in [0.25, 0.3) is 0 Å². The Labute approximate surface area is 173 Å². The van der Waals surface area contributed by atoms with Crippen LogP contribution in [0.4, 0.5) is 0 Å². The van der Waals surface area contributed by atoms with E-state index in [9.17, 15) is 9.59 Å². The molecular formula is C20H22Cl2O6. The van der Waals surface area contributed by atoms with Crippen molar-refractivity contribution in [3.8, 4) is 11.5 Å². The van der Waals surface area contributed by atoms with Crippen molar-refractivity contribution < 1.29 is 29.3 Å². The van der Waals surface area contributed by atoms with Crippen molar-refractivity contribution >= 4 is 35.1 Å². The highest BCUT2D eigenvalue weighted by molar-refractivity contribution is 6.31. The van der Waals surface area contributed by atoms with Crippen LogP contribution in [0, 0.1) is 13.8 Å². The molecule has 0 fully saturated rings. The third kappa shape index (κ3) is 7.66. The summed E-state index contributed by atoms with van der Waals surface area (Å²) in [5.74, 6) is -0.882. The lowest BCUT2D eigenvalue weighted by molar-refractivity contribution is -0.145. The molecular weight excluding hydrogens is 407 g/mol. The molecule has 2 rings (SSSR count). The predicted molar refractivity (Wildman–Crippen MR) is 108 cm³/mol. The lowest BCUT2D eigenvalue weighted by Crippen LogP contribution is -2.23. The molecule has 0 aliphatic carbocycles. The standard InChI is InChI=1S/2C10H11ClO3/c2*1-6-5-8(11)3-4-9(6)14-7(2)10(12)13/h2*3-5,7H,1-2H3,(H,12,13)/t2*7-/m11/s1. The van der Waals surface area contributed by atoms with Crippen LogP contribution >= 0.6 is 23.2 Å². The SMILES string of the molecule is Cc1cc(Cl)ccc1O[C@H](C)C(=O)O.Cc1cc(Cl)ccc1O[C@H](C)C(=O)O. The minimum Gasteiger partial charge on any atom is -0.479 e. The van der Waals surface area contributed by atoms with Gasteiger partial charge >= 0.3 is 11.9 Å². The van der Waals surface area contributed by atoms with Crippen LogP contribution in [-0.4, -0.2) is 34.4 Å². The number of rotatable bonds is 6.